The van der Waals surface area contributed by atoms with Crippen molar-refractivity contribution >= 4 is 17.8 Å². The molecule has 1 aromatic carbocycles. The third kappa shape index (κ3) is 4.38. The summed E-state index contributed by atoms with van der Waals surface area (Å²) in [7, 11) is 0. The van der Waals surface area contributed by atoms with Crippen molar-refractivity contribution < 1.29 is 24.6 Å². The number of carbonyl (C=O) groups is 3. The Labute approximate surface area is 116 Å². The second kappa shape index (κ2) is 6.70. The van der Waals surface area contributed by atoms with Gasteiger partial charge in [-0.05, 0) is 36.6 Å². The van der Waals surface area contributed by atoms with E-state index in [1.165, 1.54) is 24.3 Å². The summed E-state index contributed by atoms with van der Waals surface area (Å²) >= 11 is 0. The van der Waals surface area contributed by atoms with Crippen LogP contribution in [0.1, 0.15) is 41.0 Å². The predicted octanol–water partition coefficient (Wildman–Crippen LogP) is 1.61. The predicted molar refractivity (Wildman–Crippen MR) is 71.7 cm³/mol. The van der Waals surface area contributed by atoms with Crippen LogP contribution in [0.3, 0.4) is 0 Å². The molecule has 0 bridgehead atoms. The van der Waals surface area contributed by atoms with E-state index in [0.717, 1.165) is 0 Å². The van der Waals surface area contributed by atoms with Gasteiger partial charge in [0.15, 0.2) is 0 Å². The second-order valence-corrected chi connectivity index (χ2v) is 4.88. The van der Waals surface area contributed by atoms with Gasteiger partial charge in [0.1, 0.15) is 6.04 Å². The van der Waals surface area contributed by atoms with Gasteiger partial charge in [-0.1, -0.05) is 13.8 Å². The van der Waals surface area contributed by atoms with E-state index in [-0.39, 0.29) is 17.0 Å². The zero-order valence-corrected chi connectivity index (χ0v) is 11.3. The number of hydrogen-bond acceptors (Lipinski definition) is 3. The molecule has 1 rings (SSSR count). The molecule has 6 nitrogen and oxygen atoms in total. The Morgan fingerprint density at radius 2 is 1.55 bits per heavy atom. The van der Waals surface area contributed by atoms with Crippen LogP contribution < -0.4 is 5.32 Å². The van der Waals surface area contributed by atoms with Crippen molar-refractivity contribution in [1.29, 1.82) is 0 Å². The van der Waals surface area contributed by atoms with E-state index in [1.54, 1.807) is 0 Å². The quantitative estimate of drug-likeness (QED) is 0.734. The highest BCUT2D eigenvalue weighted by Crippen LogP contribution is 2.08. The molecule has 108 valence electrons. The average Bonchev–Trinajstić information content (AvgIpc) is 2.37. The van der Waals surface area contributed by atoms with Gasteiger partial charge in [0.05, 0.1) is 5.56 Å². The van der Waals surface area contributed by atoms with Gasteiger partial charge in [0.2, 0.25) is 0 Å². The van der Waals surface area contributed by atoms with Crippen LogP contribution in [-0.2, 0) is 4.79 Å². The van der Waals surface area contributed by atoms with Crippen molar-refractivity contribution in [2.45, 2.75) is 26.3 Å². The monoisotopic (exact) mass is 279 g/mol. The maximum atomic E-state index is 11.9. The highest BCUT2D eigenvalue weighted by atomic mass is 16.4. The van der Waals surface area contributed by atoms with Crippen LogP contribution in [0.5, 0.6) is 0 Å². The van der Waals surface area contributed by atoms with Gasteiger partial charge in [0, 0.05) is 5.56 Å². The molecule has 1 aromatic rings. The van der Waals surface area contributed by atoms with Crippen LogP contribution in [-0.4, -0.2) is 34.1 Å². The zero-order chi connectivity index (χ0) is 15.3. The minimum absolute atomic E-state index is 0.0681. The number of aromatic carboxylic acids is 1. The maximum absolute atomic E-state index is 11.9. The molecule has 0 heterocycles. The number of hydrogen-bond donors (Lipinski definition) is 3. The Morgan fingerprint density at radius 1 is 1.05 bits per heavy atom. The molecule has 1 atom stereocenters. The lowest BCUT2D eigenvalue weighted by atomic mass is 10.0. The van der Waals surface area contributed by atoms with E-state index in [0.29, 0.717) is 6.42 Å². The molecule has 1 unspecified atom stereocenters. The van der Waals surface area contributed by atoms with Crippen molar-refractivity contribution in [3.63, 3.8) is 0 Å². The molecule has 0 saturated heterocycles. The van der Waals surface area contributed by atoms with E-state index in [9.17, 15) is 14.4 Å². The maximum Gasteiger partial charge on any atom is 0.335 e. The van der Waals surface area contributed by atoms with Crippen molar-refractivity contribution in [1.82, 2.24) is 5.32 Å². The number of carboxylic acids is 2. The Balaban J connectivity index is 2.78. The van der Waals surface area contributed by atoms with Crippen molar-refractivity contribution in [2.75, 3.05) is 0 Å². The Hall–Kier alpha value is -2.37. The molecular weight excluding hydrogens is 262 g/mol. The van der Waals surface area contributed by atoms with Crippen molar-refractivity contribution in [3.8, 4) is 0 Å². The van der Waals surface area contributed by atoms with E-state index in [1.807, 2.05) is 13.8 Å². The van der Waals surface area contributed by atoms with Gasteiger partial charge in [0.25, 0.3) is 5.91 Å². The molecule has 20 heavy (non-hydrogen) atoms. The summed E-state index contributed by atoms with van der Waals surface area (Å²) in [6.07, 6.45) is 0.328. The molecule has 0 aliphatic carbocycles. The number of carbonyl (C=O) groups excluding carboxylic acids is 1. The van der Waals surface area contributed by atoms with Crippen LogP contribution in [0.15, 0.2) is 24.3 Å². The molecule has 0 aliphatic rings. The Morgan fingerprint density at radius 3 is 1.95 bits per heavy atom. The average molecular weight is 279 g/mol. The standard InChI is InChI=1S/C14H17NO5/c1-8(2)7-11(14(19)20)15-12(16)9-3-5-10(6-4-9)13(17)18/h3-6,8,11H,7H2,1-2H3,(H,15,16)(H,17,18)(H,19,20). The SMILES string of the molecule is CC(C)CC(NC(=O)c1ccc(C(=O)O)cc1)C(=O)O. The van der Waals surface area contributed by atoms with Crippen LogP contribution in [0, 0.1) is 5.92 Å². The molecule has 3 N–H and O–H groups in total. The van der Waals surface area contributed by atoms with Crippen molar-refractivity contribution in [3.05, 3.63) is 35.4 Å². The molecule has 0 fully saturated rings. The first-order valence-corrected chi connectivity index (χ1v) is 6.18. The Bertz CT molecular complexity index is 507. The minimum atomic E-state index is -1.09. The summed E-state index contributed by atoms with van der Waals surface area (Å²) in [5, 5.41) is 20.2. The first-order valence-electron chi connectivity index (χ1n) is 6.18. The smallest absolute Gasteiger partial charge is 0.335 e. The number of nitrogens with one attached hydrogen (secondary N) is 1. The number of amides is 1. The summed E-state index contributed by atoms with van der Waals surface area (Å²) in [5.41, 5.74) is 0.295. The topological polar surface area (TPSA) is 104 Å². The van der Waals surface area contributed by atoms with Gasteiger partial charge in [-0.15, -0.1) is 0 Å². The highest BCUT2D eigenvalue weighted by molar-refractivity contribution is 5.97. The summed E-state index contributed by atoms with van der Waals surface area (Å²) in [5.74, 6) is -2.57. The van der Waals surface area contributed by atoms with E-state index in [2.05, 4.69) is 5.32 Å². The third-order valence-electron chi connectivity index (χ3n) is 2.70. The van der Waals surface area contributed by atoms with Crippen LogP contribution in [0.2, 0.25) is 0 Å². The van der Waals surface area contributed by atoms with Crippen LogP contribution in [0.4, 0.5) is 0 Å². The molecule has 0 spiro atoms. The number of benzene rings is 1. The van der Waals surface area contributed by atoms with E-state index >= 15 is 0 Å². The molecule has 0 aliphatic heterocycles. The largest absolute Gasteiger partial charge is 0.480 e. The van der Waals surface area contributed by atoms with Gasteiger partial charge in [-0.25, -0.2) is 9.59 Å². The highest BCUT2D eigenvalue weighted by Gasteiger charge is 2.21. The zero-order valence-electron chi connectivity index (χ0n) is 11.3. The lowest BCUT2D eigenvalue weighted by Crippen LogP contribution is -2.41. The lowest BCUT2D eigenvalue weighted by molar-refractivity contribution is -0.139. The summed E-state index contributed by atoms with van der Waals surface area (Å²) in [6.45, 7) is 3.73. The molecular formula is C14H17NO5. The van der Waals surface area contributed by atoms with E-state index < -0.39 is 23.9 Å². The second-order valence-electron chi connectivity index (χ2n) is 4.88. The van der Waals surface area contributed by atoms with E-state index in [4.69, 9.17) is 10.2 Å². The van der Waals surface area contributed by atoms with Gasteiger partial charge < -0.3 is 15.5 Å². The summed E-state index contributed by atoms with van der Waals surface area (Å²) in [4.78, 5) is 33.6. The van der Waals surface area contributed by atoms with Crippen LogP contribution in [0.25, 0.3) is 0 Å². The fourth-order valence-corrected chi connectivity index (χ4v) is 1.70. The lowest BCUT2D eigenvalue weighted by Gasteiger charge is -2.16. The van der Waals surface area contributed by atoms with Gasteiger partial charge in [-0.3, -0.25) is 4.79 Å². The molecule has 1 amide bonds. The fourth-order valence-electron chi connectivity index (χ4n) is 1.70. The third-order valence-corrected chi connectivity index (χ3v) is 2.70. The number of aliphatic carboxylic acids is 1. The first-order chi connectivity index (χ1) is 9.31. The Kier molecular flexibility index (Phi) is 5.25. The molecule has 0 aromatic heterocycles. The normalized spacial score (nSPS) is 11.9. The fraction of sp³-hybridized carbons (Fsp3) is 0.357. The summed E-state index contributed by atoms with van der Waals surface area (Å²) < 4.78 is 0. The van der Waals surface area contributed by atoms with Crippen molar-refractivity contribution in [2.24, 2.45) is 5.92 Å². The minimum Gasteiger partial charge on any atom is -0.480 e. The first kappa shape index (κ1) is 15.7. The summed E-state index contributed by atoms with van der Waals surface area (Å²) in [6, 6.07) is 4.35. The van der Waals surface area contributed by atoms with Gasteiger partial charge in [-0.2, -0.15) is 0 Å². The molecule has 0 radical (unpaired) electrons. The van der Waals surface area contributed by atoms with Crippen LogP contribution >= 0.6 is 0 Å². The number of rotatable bonds is 6. The number of carboxylic acid groups (broad SMARTS) is 2. The molecule has 0 saturated carbocycles. The molecule has 6 heteroatoms. The van der Waals surface area contributed by atoms with Gasteiger partial charge >= 0.3 is 11.9 Å².